The van der Waals surface area contributed by atoms with Gasteiger partial charge in [0.15, 0.2) is 0 Å². The van der Waals surface area contributed by atoms with Gasteiger partial charge >= 0.3 is 5.97 Å². The molecule has 0 radical (unpaired) electrons. The third kappa shape index (κ3) is 5.65. The van der Waals surface area contributed by atoms with Gasteiger partial charge in [0, 0.05) is 23.1 Å². The van der Waals surface area contributed by atoms with Gasteiger partial charge in [0.05, 0.1) is 12.7 Å². The Balaban J connectivity index is 2.53. The Kier molecular flexibility index (Phi) is 7.15. The first-order chi connectivity index (χ1) is 9.54. The van der Waals surface area contributed by atoms with Gasteiger partial charge in [-0.15, -0.1) is 11.8 Å². The number of hydrogen-bond donors (Lipinski definition) is 1. The monoisotopic (exact) mass is 295 g/mol. The number of carbonyl (C=O) groups excluding carboxylic acids is 2. The van der Waals surface area contributed by atoms with Crippen LogP contribution in [0, 0.1) is 0 Å². The Morgan fingerprint density at radius 3 is 2.65 bits per heavy atom. The van der Waals surface area contributed by atoms with Gasteiger partial charge in [-0.1, -0.05) is 26.0 Å². The van der Waals surface area contributed by atoms with Crippen molar-refractivity contribution in [1.29, 1.82) is 0 Å². The van der Waals surface area contributed by atoms with Crippen LogP contribution in [0.1, 0.15) is 37.0 Å². The Labute approximate surface area is 124 Å². The van der Waals surface area contributed by atoms with E-state index in [1.807, 2.05) is 24.3 Å². The van der Waals surface area contributed by atoms with Crippen LogP contribution in [0.2, 0.25) is 0 Å². The summed E-state index contributed by atoms with van der Waals surface area (Å²) in [5, 5.41) is 3.25. The van der Waals surface area contributed by atoms with Crippen LogP contribution in [-0.4, -0.2) is 30.8 Å². The first-order valence-corrected chi connectivity index (χ1v) is 7.53. The van der Waals surface area contributed by atoms with Crippen molar-refractivity contribution in [2.75, 3.05) is 13.7 Å². The second kappa shape index (κ2) is 8.64. The van der Waals surface area contributed by atoms with Crippen molar-refractivity contribution >= 4 is 23.6 Å². The maximum Gasteiger partial charge on any atom is 0.305 e. The zero-order chi connectivity index (χ0) is 15.0. The van der Waals surface area contributed by atoms with E-state index in [2.05, 4.69) is 23.9 Å². The van der Waals surface area contributed by atoms with Gasteiger partial charge in [0.1, 0.15) is 0 Å². The minimum Gasteiger partial charge on any atom is -0.469 e. The molecule has 1 aromatic carbocycles. The van der Waals surface area contributed by atoms with Gasteiger partial charge in [0.25, 0.3) is 5.91 Å². The number of rotatable bonds is 7. The summed E-state index contributed by atoms with van der Waals surface area (Å²) in [6.45, 7) is 4.65. The quantitative estimate of drug-likeness (QED) is 0.477. The molecule has 0 unspecified atom stereocenters. The first kappa shape index (κ1) is 16.6. The molecular formula is C15H21NO3S. The number of esters is 1. The summed E-state index contributed by atoms with van der Waals surface area (Å²) < 4.78 is 4.55. The highest BCUT2D eigenvalue weighted by molar-refractivity contribution is 8.00. The average molecular weight is 295 g/mol. The van der Waals surface area contributed by atoms with Crippen molar-refractivity contribution in [1.82, 2.24) is 5.32 Å². The molecule has 0 aliphatic rings. The largest absolute Gasteiger partial charge is 0.469 e. The number of hydrogen-bond acceptors (Lipinski definition) is 4. The molecular weight excluding hydrogens is 274 g/mol. The fourth-order valence-corrected chi connectivity index (χ4v) is 2.60. The van der Waals surface area contributed by atoms with E-state index in [1.165, 1.54) is 7.11 Å². The minimum absolute atomic E-state index is 0.0985. The molecule has 5 heteroatoms. The summed E-state index contributed by atoms with van der Waals surface area (Å²) in [5.74, 6) is -0.353. The van der Waals surface area contributed by atoms with Crippen LogP contribution >= 0.6 is 11.8 Å². The van der Waals surface area contributed by atoms with E-state index in [-0.39, 0.29) is 11.9 Å². The highest BCUT2D eigenvalue weighted by Gasteiger charge is 2.12. The molecule has 0 heterocycles. The number of ether oxygens (including phenoxy) is 1. The number of thioether (sulfide) groups is 1. The van der Waals surface area contributed by atoms with E-state index >= 15 is 0 Å². The number of benzene rings is 1. The van der Waals surface area contributed by atoms with Gasteiger partial charge in [-0.2, -0.15) is 0 Å². The van der Waals surface area contributed by atoms with Gasteiger partial charge in [0.2, 0.25) is 0 Å². The molecule has 0 fully saturated rings. The Hall–Kier alpha value is -1.49. The van der Waals surface area contributed by atoms with Crippen LogP contribution in [-0.2, 0) is 9.53 Å². The van der Waals surface area contributed by atoms with Crippen LogP contribution in [0.4, 0.5) is 0 Å². The van der Waals surface area contributed by atoms with Crippen molar-refractivity contribution in [2.45, 2.75) is 36.8 Å². The molecule has 0 saturated heterocycles. The van der Waals surface area contributed by atoms with E-state index < -0.39 is 0 Å². The summed E-state index contributed by atoms with van der Waals surface area (Å²) in [4.78, 5) is 24.1. The number of nitrogens with one attached hydrogen (secondary N) is 1. The summed E-state index contributed by atoms with van der Waals surface area (Å²) in [6.07, 6.45) is 0.900. The van der Waals surface area contributed by atoms with Crippen LogP contribution in [0.25, 0.3) is 0 Å². The van der Waals surface area contributed by atoms with Crippen molar-refractivity contribution < 1.29 is 14.3 Å². The minimum atomic E-state index is -0.255. The third-order valence-electron chi connectivity index (χ3n) is 2.57. The van der Waals surface area contributed by atoms with E-state index in [9.17, 15) is 9.59 Å². The lowest BCUT2D eigenvalue weighted by molar-refractivity contribution is -0.140. The average Bonchev–Trinajstić information content (AvgIpc) is 2.43. The molecule has 20 heavy (non-hydrogen) atoms. The van der Waals surface area contributed by atoms with E-state index in [0.29, 0.717) is 30.2 Å². The molecule has 4 nitrogen and oxygen atoms in total. The van der Waals surface area contributed by atoms with Gasteiger partial charge in [-0.05, 0) is 18.6 Å². The van der Waals surface area contributed by atoms with Gasteiger partial charge in [-0.3, -0.25) is 9.59 Å². The second-order valence-corrected chi connectivity index (χ2v) is 6.22. The predicted molar refractivity (Wildman–Crippen MR) is 81.0 cm³/mol. The van der Waals surface area contributed by atoms with Crippen molar-refractivity contribution in [3.8, 4) is 0 Å². The smallest absolute Gasteiger partial charge is 0.305 e. The van der Waals surface area contributed by atoms with Gasteiger partial charge < -0.3 is 10.1 Å². The van der Waals surface area contributed by atoms with Gasteiger partial charge in [-0.25, -0.2) is 0 Å². The molecule has 1 amide bonds. The molecule has 1 aromatic rings. The van der Waals surface area contributed by atoms with Crippen LogP contribution in [0.3, 0.4) is 0 Å². The Morgan fingerprint density at radius 1 is 1.30 bits per heavy atom. The molecule has 110 valence electrons. The summed E-state index contributed by atoms with van der Waals surface area (Å²) in [5.41, 5.74) is 0.685. The SMILES string of the molecule is COC(=O)CCCNC(=O)c1ccccc1SC(C)C. The summed E-state index contributed by atoms with van der Waals surface area (Å²) in [6, 6.07) is 7.56. The fraction of sp³-hybridized carbons (Fsp3) is 0.467. The maximum absolute atomic E-state index is 12.1. The number of methoxy groups -OCH3 is 1. The fourth-order valence-electron chi connectivity index (χ4n) is 1.64. The standard InChI is InChI=1S/C15H21NO3S/c1-11(2)20-13-8-5-4-7-12(13)15(18)16-10-6-9-14(17)19-3/h4-5,7-8,11H,6,9-10H2,1-3H3,(H,16,18). The third-order valence-corrected chi connectivity index (χ3v) is 3.65. The van der Waals surface area contributed by atoms with Crippen molar-refractivity contribution in [2.24, 2.45) is 0 Å². The number of amides is 1. The predicted octanol–water partition coefficient (Wildman–Crippen LogP) is 2.87. The molecule has 0 spiro atoms. The highest BCUT2D eigenvalue weighted by atomic mass is 32.2. The maximum atomic E-state index is 12.1. The molecule has 0 aliphatic heterocycles. The first-order valence-electron chi connectivity index (χ1n) is 6.65. The zero-order valence-electron chi connectivity index (χ0n) is 12.1. The van der Waals surface area contributed by atoms with E-state index in [4.69, 9.17) is 0 Å². The number of carbonyl (C=O) groups is 2. The Morgan fingerprint density at radius 2 is 2.00 bits per heavy atom. The van der Waals surface area contributed by atoms with E-state index in [0.717, 1.165) is 4.90 Å². The topological polar surface area (TPSA) is 55.4 Å². The van der Waals surface area contributed by atoms with Crippen molar-refractivity contribution in [3.05, 3.63) is 29.8 Å². The molecule has 0 saturated carbocycles. The molecule has 0 aliphatic carbocycles. The molecule has 0 aromatic heterocycles. The lowest BCUT2D eigenvalue weighted by Crippen LogP contribution is -2.25. The van der Waals surface area contributed by atoms with Crippen molar-refractivity contribution in [3.63, 3.8) is 0 Å². The van der Waals surface area contributed by atoms with E-state index in [1.54, 1.807) is 11.8 Å². The zero-order valence-corrected chi connectivity index (χ0v) is 13.0. The molecule has 1 N–H and O–H groups in total. The Bertz CT molecular complexity index is 460. The summed E-state index contributed by atoms with van der Waals surface area (Å²) >= 11 is 1.67. The highest BCUT2D eigenvalue weighted by Crippen LogP contribution is 2.26. The van der Waals surface area contributed by atoms with Crippen LogP contribution < -0.4 is 5.32 Å². The second-order valence-electron chi connectivity index (χ2n) is 4.60. The normalized spacial score (nSPS) is 10.4. The van der Waals surface area contributed by atoms with Crippen LogP contribution in [0.15, 0.2) is 29.2 Å². The molecule has 1 rings (SSSR count). The summed E-state index contributed by atoms with van der Waals surface area (Å²) in [7, 11) is 1.36. The molecule has 0 bridgehead atoms. The molecule has 0 atom stereocenters. The lowest BCUT2D eigenvalue weighted by atomic mass is 10.2. The van der Waals surface area contributed by atoms with Crippen LogP contribution in [0.5, 0.6) is 0 Å². The lowest BCUT2D eigenvalue weighted by Gasteiger charge is -2.11.